The molecule has 0 spiro atoms. The Morgan fingerprint density at radius 2 is 1.53 bits per heavy atom. The smallest absolute Gasteiger partial charge is 0.308 e. The standard InChI is InChI=1S/C10H17NO3.ClH/c1-13-9(11)7-3-5-8(6-4-7)10(12)14-2;/h7-8,11H,3-6H2,1-2H3;1H. The molecule has 5 heteroatoms. The lowest BCUT2D eigenvalue weighted by molar-refractivity contribution is -0.146. The number of rotatable bonds is 2. The molecule has 0 aromatic rings. The molecule has 0 bridgehead atoms. The molecule has 1 N–H and O–H groups in total. The van der Waals surface area contributed by atoms with Gasteiger partial charge in [-0.05, 0) is 25.7 Å². The minimum atomic E-state index is -0.118. The Morgan fingerprint density at radius 3 is 1.93 bits per heavy atom. The molecule has 0 aliphatic heterocycles. The Bertz CT molecular complexity index is 201. The molecule has 88 valence electrons. The Hall–Kier alpha value is -0.770. The van der Waals surface area contributed by atoms with Crippen LogP contribution in [-0.4, -0.2) is 26.1 Å². The van der Waals surface area contributed by atoms with Crippen molar-refractivity contribution in [1.29, 1.82) is 5.41 Å². The molecule has 0 unspecified atom stereocenters. The second kappa shape index (κ2) is 6.67. The van der Waals surface area contributed by atoms with E-state index >= 15 is 0 Å². The fraction of sp³-hybridized carbons (Fsp3) is 0.800. The third-order valence-corrected chi connectivity index (χ3v) is 2.85. The zero-order valence-corrected chi connectivity index (χ0v) is 9.93. The molecule has 0 radical (unpaired) electrons. The molecular weight excluding hydrogens is 218 g/mol. The zero-order valence-electron chi connectivity index (χ0n) is 9.12. The fourth-order valence-corrected chi connectivity index (χ4v) is 1.92. The maximum atomic E-state index is 11.2. The van der Waals surface area contributed by atoms with Crippen molar-refractivity contribution in [3.63, 3.8) is 0 Å². The summed E-state index contributed by atoms with van der Waals surface area (Å²) in [7, 11) is 2.94. The van der Waals surface area contributed by atoms with Crippen LogP contribution < -0.4 is 0 Å². The van der Waals surface area contributed by atoms with E-state index < -0.39 is 0 Å². The second-order valence-corrected chi connectivity index (χ2v) is 3.64. The van der Waals surface area contributed by atoms with E-state index in [0.29, 0.717) is 5.90 Å². The number of hydrogen-bond donors (Lipinski definition) is 1. The van der Waals surface area contributed by atoms with Gasteiger partial charge in [-0.25, -0.2) is 0 Å². The van der Waals surface area contributed by atoms with Crippen LogP contribution in [0, 0.1) is 17.2 Å². The first-order valence-electron chi connectivity index (χ1n) is 4.89. The lowest BCUT2D eigenvalue weighted by Crippen LogP contribution is -2.26. The van der Waals surface area contributed by atoms with Crippen molar-refractivity contribution < 1.29 is 14.3 Å². The van der Waals surface area contributed by atoms with E-state index in [1.54, 1.807) is 0 Å². The van der Waals surface area contributed by atoms with Crippen LogP contribution in [-0.2, 0) is 14.3 Å². The highest BCUT2D eigenvalue weighted by Crippen LogP contribution is 2.30. The van der Waals surface area contributed by atoms with Gasteiger partial charge >= 0.3 is 5.97 Å². The van der Waals surface area contributed by atoms with Gasteiger partial charge in [0.25, 0.3) is 0 Å². The summed E-state index contributed by atoms with van der Waals surface area (Å²) < 4.78 is 9.57. The summed E-state index contributed by atoms with van der Waals surface area (Å²) in [5.74, 6) is 0.447. The molecule has 0 atom stereocenters. The molecule has 0 amide bonds. The number of methoxy groups -OCH3 is 2. The molecule has 1 fully saturated rings. The highest BCUT2D eigenvalue weighted by Gasteiger charge is 2.29. The summed E-state index contributed by atoms with van der Waals surface area (Å²) in [6.45, 7) is 0. The van der Waals surface area contributed by atoms with Crippen molar-refractivity contribution in [2.24, 2.45) is 11.8 Å². The fourth-order valence-electron chi connectivity index (χ4n) is 1.92. The van der Waals surface area contributed by atoms with Crippen molar-refractivity contribution in [2.75, 3.05) is 14.2 Å². The SMILES string of the molecule is COC(=N)C1CCC(C(=O)OC)CC1.Cl. The molecule has 4 nitrogen and oxygen atoms in total. The van der Waals surface area contributed by atoms with Crippen molar-refractivity contribution >= 4 is 24.3 Å². The minimum Gasteiger partial charge on any atom is -0.484 e. The predicted octanol–water partition coefficient (Wildman–Crippen LogP) is 2.01. The van der Waals surface area contributed by atoms with Crippen LogP contribution in [0.3, 0.4) is 0 Å². The maximum Gasteiger partial charge on any atom is 0.308 e. The van der Waals surface area contributed by atoms with Gasteiger partial charge in [0.15, 0.2) is 5.90 Å². The third kappa shape index (κ3) is 3.70. The molecule has 0 saturated heterocycles. The van der Waals surface area contributed by atoms with E-state index in [1.807, 2.05) is 0 Å². The average molecular weight is 236 g/mol. The Kier molecular flexibility index (Phi) is 6.32. The maximum absolute atomic E-state index is 11.2. The van der Waals surface area contributed by atoms with E-state index in [1.165, 1.54) is 14.2 Å². The zero-order chi connectivity index (χ0) is 10.6. The van der Waals surface area contributed by atoms with Gasteiger partial charge in [-0.15, -0.1) is 12.4 Å². The van der Waals surface area contributed by atoms with Crippen molar-refractivity contribution in [1.82, 2.24) is 0 Å². The molecule has 1 aliphatic rings. The van der Waals surface area contributed by atoms with Gasteiger partial charge in [0, 0.05) is 5.92 Å². The van der Waals surface area contributed by atoms with E-state index in [0.717, 1.165) is 25.7 Å². The summed E-state index contributed by atoms with van der Waals surface area (Å²) >= 11 is 0. The quantitative estimate of drug-likeness (QED) is 0.453. The first-order valence-corrected chi connectivity index (χ1v) is 4.89. The highest BCUT2D eigenvalue weighted by molar-refractivity contribution is 5.85. The molecule has 1 rings (SSSR count). The largest absolute Gasteiger partial charge is 0.484 e. The van der Waals surface area contributed by atoms with Crippen LogP contribution in [0.15, 0.2) is 0 Å². The number of hydrogen-bond acceptors (Lipinski definition) is 4. The molecular formula is C10H18ClNO3. The van der Waals surface area contributed by atoms with E-state index in [2.05, 4.69) is 4.74 Å². The second-order valence-electron chi connectivity index (χ2n) is 3.64. The van der Waals surface area contributed by atoms with Crippen molar-refractivity contribution in [3.8, 4) is 0 Å². The molecule has 1 aliphatic carbocycles. The van der Waals surface area contributed by atoms with Gasteiger partial charge in [0.05, 0.1) is 20.1 Å². The first-order chi connectivity index (χ1) is 6.69. The van der Waals surface area contributed by atoms with Gasteiger partial charge < -0.3 is 9.47 Å². The minimum absolute atomic E-state index is 0. The summed E-state index contributed by atoms with van der Waals surface area (Å²) in [5, 5.41) is 7.51. The lowest BCUT2D eigenvalue weighted by Gasteiger charge is -2.26. The van der Waals surface area contributed by atoms with E-state index in [9.17, 15) is 4.79 Å². The Balaban J connectivity index is 0.00000196. The molecule has 1 saturated carbocycles. The van der Waals surface area contributed by atoms with Crippen LogP contribution in [0.25, 0.3) is 0 Å². The Labute approximate surface area is 96.2 Å². The van der Waals surface area contributed by atoms with Crippen LogP contribution in [0.2, 0.25) is 0 Å². The van der Waals surface area contributed by atoms with E-state index in [4.69, 9.17) is 10.1 Å². The van der Waals surface area contributed by atoms with Gasteiger partial charge in [-0.2, -0.15) is 0 Å². The number of nitrogens with one attached hydrogen (secondary N) is 1. The average Bonchev–Trinajstić information content (AvgIpc) is 2.27. The van der Waals surface area contributed by atoms with Crippen LogP contribution >= 0.6 is 12.4 Å². The van der Waals surface area contributed by atoms with Crippen LogP contribution in [0.5, 0.6) is 0 Å². The van der Waals surface area contributed by atoms with Crippen molar-refractivity contribution in [2.45, 2.75) is 25.7 Å². The summed E-state index contributed by atoms with van der Waals surface area (Å²) in [5.41, 5.74) is 0. The predicted molar refractivity (Wildman–Crippen MR) is 59.4 cm³/mol. The van der Waals surface area contributed by atoms with Crippen molar-refractivity contribution in [3.05, 3.63) is 0 Å². The third-order valence-electron chi connectivity index (χ3n) is 2.85. The monoisotopic (exact) mass is 235 g/mol. The number of ether oxygens (including phenoxy) is 2. The molecule has 15 heavy (non-hydrogen) atoms. The molecule has 0 aromatic carbocycles. The number of carbonyl (C=O) groups is 1. The molecule has 0 heterocycles. The van der Waals surface area contributed by atoms with Crippen LogP contribution in [0.4, 0.5) is 0 Å². The summed E-state index contributed by atoms with van der Waals surface area (Å²) in [6, 6.07) is 0. The summed E-state index contributed by atoms with van der Waals surface area (Å²) in [6.07, 6.45) is 3.32. The van der Waals surface area contributed by atoms with Gasteiger partial charge in [-0.3, -0.25) is 10.2 Å². The number of carbonyl (C=O) groups excluding carboxylic acids is 1. The van der Waals surface area contributed by atoms with Gasteiger partial charge in [-0.1, -0.05) is 0 Å². The highest BCUT2D eigenvalue weighted by atomic mass is 35.5. The van der Waals surface area contributed by atoms with E-state index in [-0.39, 0.29) is 30.2 Å². The Morgan fingerprint density at radius 1 is 1.07 bits per heavy atom. The summed E-state index contributed by atoms with van der Waals surface area (Å²) in [4.78, 5) is 11.2. The van der Waals surface area contributed by atoms with Crippen LogP contribution in [0.1, 0.15) is 25.7 Å². The van der Waals surface area contributed by atoms with Gasteiger partial charge in [0.2, 0.25) is 0 Å². The lowest BCUT2D eigenvalue weighted by atomic mass is 9.82. The number of esters is 1. The number of halogens is 1. The molecule has 0 aromatic heterocycles. The van der Waals surface area contributed by atoms with Gasteiger partial charge in [0.1, 0.15) is 0 Å². The normalized spacial score (nSPS) is 24.9. The topological polar surface area (TPSA) is 59.4 Å². The first kappa shape index (κ1) is 14.2.